The number of amides is 2. The molecule has 1 N–H and O–H groups in total. The van der Waals surface area contributed by atoms with Crippen molar-refractivity contribution in [1.29, 1.82) is 0 Å². The van der Waals surface area contributed by atoms with Crippen LogP contribution in [0.1, 0.15) is 17.2 Å². The van der Waals surface area contributed by atoms with E-state index in [-0.39, 0.29) is 6.03 Å². The van der Waals surface area contributed by atoms with E-state index < -0.39 is 6.10 Å². The summed E-state index contributed by atoms with van der Waals surface area (Å²) >= 11 is 0. The highest BCUT2D eigenvalue weighted by atomic mass is 16.3. The predicted molar refractivity (Wildman–Crippen MR) is 65.7 cm³/mol. The van der Waals surface area contributed by atoms with Crippen molar-refractivity contribution in [1.82, 2.24) is 9.80 Å². The van der Waals surface area contributed by atoms with Gasteiger partial charge in [-0.2, -0.15) is 0 Å². The zero-order valence-electron chi connectivity index (χ0n) is 10.3. The van der Waals surface area contributed by atoms with Gasteiger partial charge in [0.25, 0.3) is 0 Å². The van der Waals surface area contributed by atoms with Crippen molar-refractivity contribution in [2.45, 2.75) is 13.0 Å². The van der Waals surface area contributed by atoms with Gasteiger partial charge >= 0.3 is 6.03 Å². The number of carbonyl (C=O) groups is 1. The second-order valence-electron chi connectivity index (χ2n) is 4.58. The molecule has 92 valence electrons. The highest BCUT2D eigenvalue weighted by Crippen LogP contribution is 2.17. The minimum atomic E-state index is -0.606. The molecule has 1 heterocycles. The number of aliphatic hydroxyl groups excluding tert-OH is 1. The first kappa shape index (κ1) is 11.9. The third-order valence-electron chi connectivity index (χ3n) is 3.12. The van der Waals surface area contributed by atoms with E-state index in [1.54, 1.807) is 16.8 Å². The van der Waals surface area contributed by atoms with Gasteiger partial charge in [0.1, 0.15) is 0 Å². The Morgan fingerprint density at radius 2 is 2.18 bits per heavy atom. The van der Waals surface area contributed by atoms with E-state index in [1.165, 1.54) is 0 Å². The van der Waals surface area contributed by atoms with Crippen LogP contribution in [-0.4, -0.2) is 47.6 Å². The van der Waals surface area contributed by atoms with Crippen LogP contribution >= 0.6 is 0 Å². The summed E-state index contributed by atoms with van der Waals surface area (Å²) in [5.41, 5.74) is 1.98. The van der Waals surface area contributed by atoms with E-state index in [0.717, 1.165) is 17.7 Å². The first-order chi connectivity index (χ1) is 8.08. The monoisotopic (exact) mass is 234 g/mol. The molecule has 17 heavy (non-hydrogen) atoms. The predicted octanol–water partition coefficient (Wildman–Crippen LogP) is 1.40. The number of hydrogen-bond acceptors (Lipinski definition) is 2. The Kier molecular flexibility index (Phi) is 3.33. The van der Waals surface area contributed by atoms with E-state index in [1.807, 2.05) is 31.2 Å². The van der Waals surface area contributed by atoms with Crippen LogP contribution in [0.15, 0.2) is 24.3 Å². The van der Waals surface area contributed by atoms with Gasteiger partial charge in [-0.1, -0.05) is 29.8 Å². The molecule has 2 rings (SSSR count). The summed E-state index contributed by atoms with van der Waals surface area (Å²) in [6, 6.07) is 7.75. The summed E-state index contributed by atoms with van der Waals surface area (Å²) in [6.07, 6.45) is -0.606. The van der Waals surface area contributed by atoms with Gasteiger partial charge in [0.05, 0.1) is 12.6 Å². The van der Waals surface area contributed by atoms with Crippen molar-refractivity contribution < 1.29 is 9.90 Å². The molecule has 0 radical (unpaired) electrons. The molecule has 0 aromatic heterocycles. The number of benzene rings is 1. The van der Waals surface area contributed by atoms with Crippen LogP contribution < -0.4 is 0 Å². The number of urea groups is 1. The summed E-state index contributed by atoms with van der Waals surface area (Å²) in [4.78, 5) is 15.0. The first-order valence-corrected chi connectivity index (χ1v) is 5.82. The van der Waals surface area contributed by atoms with Gasteiger partial charge in [-0.3, -0.25) is 0 Å². The fraction of sp³-hybridized carbons (Fsp3) is 0.462. The number of β-amino-alcohol motifs (C(OH)–C–C–N with tert-alkyl or cyclic N) is 1. The van der Waals surface area contributed by atoms with Crippen molar-refractivity contribution in [3.8, 4) is 0 Å². The third kappa shape index (κ3) is 2.58. The molecule has 1 aromatic rings. The summed E-state index contributed by atoms with van der Waals surface area (Å²) in [5.74, 6) is 0. The maximum absolute atomic E-state index is 11.7. The van der Waals surface area contributed by atoms with Crippen LogP contribution in [-0.2, 0) is 0 Å². The van der Waals surface area contributed by atoms with Gasteiger partial charge in [0, 0.05) is 20.1 Å². The molecule has 0 spiro atoms. The van der Waals surface area contributed by atoms with E-state index in [0.29, 0.717) is 13.1 Å². The zero-order chi connectivity index (χ0) is 12.4. The third-order valence-corrected chi connectivity index (χ3v) is 3.12. The molecular formula is C13H18N2O2. The van der Waals surface area contributed by atoms with Crippen LogP contribution in [0, 0.1) is 6.92 Å². The maximum Gasteiger partial charge on any atom is 0.319 e. The Hall–Kier alpha value is -1.55. The topological polar surface area (TPSA) is 43.8 Å². The molecule has 0 bridgehead atoms. The van der Waals surface area contributed by atoms with Gasteiger partial charge in [-0.15, -0.1) is 0 Å². The SMILES string of the molecule is Cc1cccc(C(O)CN2CCN(C)C2=O)c1. The van der Waals surface area contributed by atoms with Crippen molar-refractivity contribution in [3.05, 3.63) is 35.4 Å². The molecular weight excluding hydrogens is 216 g/mol. The van der Waals surface area contributed by atoms with Crippen molar-refractivity contribution in [3.63, 3.8) is 0 Å². The molecule has 1 unspecified atom stereocenters. The molecule has 0 aliphatic carbocycles. The lowest BCUT2D eigenvalue weighted by Crippen LogP contribution is -2.32. The minimum Gasteiger partial charge on any atom is -0.387 e. The minimum absolute atomic E-state index is 0.00305. The van der Waals surface area contributed by atoms with Gasteiger partial charge in [-0.05, 0) is 12.5 Å². The van der Waals surface area contributed by atoms with E-state index in [2.05, 4.69) is 0 Å². The number of likely N-dealkylation sites (N-methyl/N-ethyl adjacent to an activating group) is 1. The second kappa shape index (κ2) is 4.75. The average Bonchev–Trinajstić information content (AvgIpc) is 2.61. The molecule has 4 nitrogen and oxygen atoms in total. The van der Waals surface area contributed by atoms with Crippen LogP contribution in [0.5, 0.6) is 0 Å². The standard InChI is InChI=1S/C13H18N2O2/c1-10-4-3-5-11(8-10)12(16)9-15-7-6-14(2)13(15)17/h3-5,8,12,16H,6-7,9H2,1-2H3. The Balaban J connectivity index is 2.02. The second-order valence-corrected chi connectivity index (χ2v) is 4.58. The fourth-order valence-electron chi connectivity index (χ4n) is 2.06. The normalized spacial score (nSPS) is 17.7. The molecule has 1 fully saturated rings. The van der Waals surface area contributed by atoms with Crippen molar-refractivity contribution in [2.75, 3.05) is 26.7 Å². The fourth-order valence-corrected chi connectivity index (χ4v) is 2.06. The molecule has 4 heteroatoms. The van der Waals surface area contributed by atoms with Crippen molar-refractivity contribution >= 4 is 6.03 Å². The van der Waals surface area contributed by atoms with Crippen LogP contribution in [0.4, 0.5) is 4.79 Å². The Bertz CT molecular complexity index is 420. The molecule has 1 saturated heterocycles. The molecule has 0 saturated carbocycles. The molecule has 1 aliphatic heterocycles. The molecule has 1 atom stereocenters. The molecule has 1 aliphatic rings. The number of hydrogen-bond donors (Lipinski definition) is 1. The lowest BCUT2D eigenvalue weighted by Gasteiger charge is -2.20. The van der Waals surface area contributed by atoms with Gasteiger partial charge < -0.3 is 14.9 Å². The number of rotatable bonds is 3. The van der Waals surface area contributed by atoms with Gasteiger partial charge in [-0.25, -0.2) is 4.79 Å². The number of aliphatic hydroxyl groups is 1. The van der Waals surface area contributed by atoms with E-state index in [4.69, 9.17) is 0 Å². The smallest absolute Gasteiger partial charge is 0.319 e. The van der Waals surface area contributed by atoms with Crippen LogP contribution in [0.2, 0.25) is 0 Å². The molecule has 2 amide bonds. The highest BCUT2D eigenvalue weighted by molar-refractivity contribution is 5.76. The van der Waals surface area contributed by atoms with Gasteiger partial charge in [0.2, 0.25) is 0 Å². The quantitative estimate of drug-likeness (QED) is 0.859. The summed E-state index contributed by atoms with van der Waals surface area (Å²) in [5, 5.41) is 10.1. The lowest BCUT2D eigenvalue weighted by atomic mass is 10.1. The number of nitrogens with zero attached hydrogens (tertiary/aromatic N) is 2. The maximum atomic E-state index is 11.7. The van der Waals surface area contributed by atoms with E-state index in [9.17, 15) is 9.90 Å². The molecule has 1 aromatic carbocycles. The van der Waals surface area contributed by atoms with Gasteiger partial charge in [0.15, 0.2) is 0 Å². The Morgan fingerprint density at radius 1 is 1.41 bits per heavy atom. The Labute approximate surface area is 101 Å². The first-order valence-electron chi connectivity index (χ1n) is 5.82. The lowest BCUT2D eigenvalue weighted by molar-refractivity contribution is 0.129. The number of carbonyl (C=O) groups excluding carboxylic acids is 1. The Morgan fingerprint density at radius 3 is 2.76 bits per heavy atom. The number of aryl methyl sites for hydroxylation is 1. The zero-order valence-corrected chi connectivity index (χ0v) is 10.3. The van der Waals surface area contributed by atoms with Crippen molar-refractivity contribution in [2.24, 2.45) is 0 Å². The summed E-state index contributed by atoms with van der Waals surface area (Å²) < 4.78 is 0. The summed E-state index contributed by atoms with van der Waals surface area (Å²) in [7, 11) is 1.78. The highest BCUT2D eigenvalue weighted by Gasteiger charge is 2.27. The largest absolute Gasteiger partial charge is 0.387 e. The average molecular weight is 234 g/mol. The van der Waals surface area contributed by atoms with E-state index >= 15 is 0 Å². The van der Waals surface area contributed by atoms with Crippen LogP contribution in [0.25, 0.3) is 0 Å². The van der Waals surface area contributed by atoms with Crippen LogP contribution in [0.3, 0.4) is 0 Å². The summed E-state index contributed by atoms with van der Waals surface area (Å²) in [6.45, 7) is 3.79.